The van der Waals surface area contributed by atoms with Gasteiger partial charge in [0.1, 0.15) is 0 Å². The highest BCUT2D eigenvalue weighted by Gasteiger charge is 2.35. The van der Waals surface area contributed by atoms with E-state index in [2.05, 4.69) is 5.32 Å². The molecule has 6 heteroatoms. The summed E-state index contributed by atoms with van der Waals surface area (Å²) in [4.78, 5) is 12.6. The summed E-state index contributed by atoms with van der Waals surface area (Å²) >= 11 is 6.00. The van der Waals surface area contributed by atoms with Crippen LogP contribution in [-0.4, -0.2) is 39.9 Å². The number of hydrogen-bond donors (Lipinski definition) is 1. The second-order valence-electron chi connectivity index (χ2n) is 6.66. The average Bonchev–Trinajstić information content (AvgIpc) is 2.72. The highest BCUT2D eigenvalue weighted by molar-refractivity contribution is 6.30. The Morgan fingerprint density at radius 2 is 1.85 bits per heavy atom. The van der Waals surface area contributed by atoms with Gasteiger partial charge in [-0.15, -0.1) is 0 Å². The SMILES string of the molecule is COc1ccc(C2(CNC(=O)c3cccc(Cl)c3)CCOCC2)cc1OC. The minimum atomic E-state index is -0.216. The lowest BCUT2D eigenvalue weighted by atomic mass is 9.74. The summed E-state index contributed by atoms with van der Waals surface area (Å²) in [5, 5.41) is 3.62. The molecule has 0 unspecified atom stereocenters. The van der Waals surface area contributed by atoms with E-state index >= 15 is 0 Å². The third kappa shape index (κ3) is 4.37. The second kappa shape index (κ2) is 8.63. The summed E-state index contributed by atoms with van der Waals surface area (Å²) in [6, 6.07) is 12.9. The zero-order valence-electron chi connectivity index (χ0n) is 15.6. The smallest absolute Gasteiger partial charge is 0.251 e. The Bertz CT molecular complexity index is 803. The largest absolute Gasteiger partial charge is 0.493 e. The Morgan fingerprint density at radius 1 is 1.11 bits per heavy atom. The standard InChI is InChI=1S/C21H24ClNO4/c1-25-18-7-6-16(13-19(18)26-2)21(8-10-27-11-9-21)14-23-20(24)15-4-3-5-17(22)12-15/h3-7,12-13H,8-11,14H2,1-2H3,(H,23,24). The number of rotatable bonds is 6. The molecule has 0 bridgehead atoms. The fourth-order valence-corrected chi connectivity index (χ4v) is 3.67. The molecule has 0 aliphatic carbocycles. The maximum atomic E-state index is 12.6. The lowest BCUT2D eigenvalue weighted by molar-refractivity contribution is 0.0486. The third-order valence-corrected chi connectivity index (χ3v) is 5.36. The molecule has 1 aliphatic rings. The zero-order valence-corrected chi connectivity index (χ0v) is 16.3. The fourth-order valence-electron chi connectivity index (χ4n) is 3.48. The van der Waals surface area contributed by atoms with Crippen LogP contribution in [0.15, 0.2) is 42.5 Å². The van der Waals surface area contributed by atoms with E-state index < -0.39 is 0 Å². The van der Waals surface area contributed by atoms with E-state index in [1.807, 2.05) is 18.2 Å². The number of methoxy groups -OCH3 is 2. The van der Waals surface area contributed by atoms with Gasteiger partial charge in [0.05, 0.1) is 14.2 Å². The zero-order chi connectivity index (χ0) is 19.3. The minimum absolute atomic E-state index is 0.135. The first-order valence-electron chi connectivity index (χ1n) is 8.92. The quantitative estimate of drug-likeness (QED) is 0.815. The molecule has 27 heavy (non-hydrogen) atoms. The molecule has 0 radical (unpaired) electrons. The van der Waals surface area contributed by atoms with Crippen LogP contribution in [0, 0.1) is 0 Å². The molecule has 1 aliphatic heterocycles. The third-order valence-electron chi connectivity index (χ3n) is 5.12. The monoisotopic (exact) mass is 389 g/mol. The van der Waals surface area contributed by atoms with E-state index in [0.29, 0.717) is 41.8 Å². The van der Waals surface area contributed by atoms with E-state index in [1.54, 1.807) is 38.5 Å². The Morgan fingerprint density at radius 3 is 2.52 bits per heavy atom. The normalized spacial score (nSPS) is 15.8. The number of benzene rings is 2. The number of halogens is 1. The molecule has 3 rings (SSSR count). The molecule has 2 aromatic carbocycles. The van der Waals surface area contributed by atoms with Crippen molar-refractivity contribution in [3.8, 4) is 11.5 Å². The maximum absolute atomic E-state index is 12.6. The summed E-state index contributed by atoms with van der Waals surface area (Å²) in [5.41, 5.74) is 1.44. The Hall–Kier alpha value is -2.24. The molecule has 0 spiro atoms. The molecule has 0 saturated carbocycles. The molecule has 2 aromatic rings. The van der Waals surface area contributed by atoms with Gasteiger partial charge in [-0.05, 0) is 48.7 Å². The van der Waals surface area contributed by atoms with Crippen LogP contribution in [0.2, 0.25) is 5.02 Å². The van der Waals surface area contributed by atoms with Crippen molar-refractivity contribution in [1.82, 2.24) is 5.32 Å². The van der Waals surface area contributed by atoms with E-state index in [4.69, 9.17) is 25.8 Å². The number of ether oxygens (including phenoxy) is 3. The van der Waals surface area contributed by atoms with Crippen LogP contribution in [0.1, 0.15) is 28.8 Å². The van der Waals surface area contributed by atoms with Gasteiger partial charge in [-0.2, -0.15) is 0 Å². The Balaban J connectivity index is 1.84. The summed E-state index contributed by atoms with van der Waals surface area (Å²) in [7, 11) is 3.24. The van der Waals surface area contributed by atoms with Crippen molar-refractivity contribution in [2.24, 2.45) is 0 Å². The van der Waals surface area contributed by atoms with Crippen molar-refractivity contribution < 1.29 is 19.0 Å². The summed E-state index contributed by atoms with van der Waals surface area (Å²) in [5.74, 6) is 1.23. The molecule has 0 atom stereocenters. The van der Waals surface area contributed by atoms with Crippen LogP contribution >= 0.6 is 11.6 Å². The van der Waals surface area contributed by atoms with Crippen LogP contribution in [-0.2, 0) is 10.2 Å². The van der Waals surface area contributed by atoms with E-state index in [9.17, 15) is 4.79 Å². The van der Waals surface area contributed by atoms with Gasteiger partial charge in [-0.1, -0.05) is 23.7 Å². The molecule has 144 valence electrons. The minimum Gasteiger partial charge on any atom is -0.493 e. The van der Waals surface area contributed by atoms with Crippen LogP contribution in [0.3, 0.4) is 0 Å². The number of carbonyl (C=O) groups excluding carboxylic acids is 1. The van der Waals surface area contributed by atoms with Gasteiger partial charge in [-0.25, -0.2) is 0 Å². The number of amides is 1. The Labute approximate surface area is 164 Å². The molecular formula is C21H24ClNO4. The molecule has 1 heterocycles. The first kappa shape index (κ1) is 19.5. The van der Waals surface area contributed by atoms with Crippen LogP contribution in [0.25, 0.3) is 0 Å². The highest BCUT2D eigenvalue weighted by atomic mass is 35.5. The van der Waals surface area contributed by atoms with Crippen molar-refractivity contribution in [1.29, 1.82) is 0 Å². The molecule has 1 amide bonds. The first-order valence-corrected chi connectivity index (χ1v) is 9.30. The molecule has 1 N–H and O–H groups in total. The predicted molar refractivity (Wildman–Crippen MR) is 105 cm³/mol. The summed E-state index contributed by atoms with van der Waals surface area (Å²) in [6.07, 6.45) is 1.64. The van der Waals surface area contributed by atoms with Crippen molar-refractivity contribution in [3.63, 3.8) is 0 Å². The first-order chi connectivity index (χ1) is 13.1. The topological polar surface area (TPSA) is 56.8 Å². The molecule has 1 fully saturated rings. The van der Waals surface area contributed by atoms with Crippen molar-refractivity contribution in [2.75, 3.05) is 34.0 Å². The second-order valence-corrected chi connectivity index (χ2v) is 7.09. The van der Waals surface area contributed by atoms with Gasteiger partial charge in [0.25, 0.3) is 5.91 Å². The van der Waals surface area contributed by atoms with Gasteiger partial charge >= 0.3 is 0 Å². The van der Waals surface area contributed by atoms with Crippen LogP contribution in [0.4, 0.5) is 0 Å². The number of hydrogen-bond acceptors (Lipinski definition) is 4. The molecular weight excluding hydrogens is 366 g/mol. The molecule has 1 saturated heterocycles. The fraction of sp³-hybridized carbons (Fsp3) is 0.381. The Kier molecular flexibility index (Phi) is 6.24. The number of carbonyl (C=O) groups is 1. The number of nitrogens with one attached hydrogen (secondary N) is 1. The maximum Gasteiger partial charge on any atom is 0.251 e. The van der Waals surface area contributed by atoms with Gasteiger partial charge in [-0.3, -0.25) is 4.79 Å². The van der Waals surface area contributed by atoms with Gasteiger partial charge in [0, 0.05) is 35.8 Å². The van der Waals surface area contributed by atoms with Crippen LogP contribution in [0.5, 0.6) is 11.5 Å². The molecule has 0 aromatic heterocycles. The van der Waals surface area contributed by atoms with Gasteiger partial charge < -0.3 is 19.5 Å². The summed E-state index contributed by atoms with van der Waals surface area (Å²) in [6.45, 7) is 1.82. The van der Waals surface area contributed by atoms with E-state index in [0.717, 1.165) is 18.4 Å². The average molecular weight is 390 g/mol. The highest BCUT2D eigenvalue weighted by Crippen LogP contribution is 2.38. The van der Waals surface area contributed by atoms with Gasteiger partial charge in [0.2, 0.25) is 0 Å². The lowest BCUT2D eigenvalue weighted by Gasteiger charge is -2.38. The predicted octanol–water partition coefficient (Wildman–Crippen LogP) is 3.84. The van der Waals surface area contributed by atoms with Gasteiger partial charge in [0.15, 0.2) is 11.5 Å². The molecule has 5 nitrogen and oxygen atoms in total. The van der Waals surface area contributed by atoms with Crippen molar-refractivity contribution in [3.05, 3.63) is 58.6 Å². The van der Waals surface area contributed by atoms with Crippen molar-refractivity contribution >= 4 is 17.5 Å². The van der Waals surface area contributed by atoms with Crippen molar-refractivity contribution in [2.45, 2.75) is 18.3 Å². The summed E-state index contributed by atoms with van der Waals surface area (Å²) < 4.78 is 16.4. The van der Waals surface area contributed by atoms with E-state index in [-0.39, 0.29) is 11.3 Å². The van der Waals surface area contributed by atoms with E-state index in [1.165, 1.54) is 0 Å². The van der Waals surface area contributed by atoms with Crippen LogP contribution < -0.4 is 14.8 Å². The lowest BCUT2D eigenvalue weighted by Crippen LogP contribution is -2.44.